The van der Waals surface area contributed by atoms with Gasteiger partial charge in [-0.3, -0.25) is 4.79 Å². The van der Waals surface area contributed by atoms with Gasteiger partial charge in [0.25, 0.3) is 5.91 Å². The number of thioether (sulfide) groups is 1. The molecule has 3 aromatic rings. The summed E-state index contributed by atoms with van der Waals surface area (Å²) in [5.74, 6) is 1.50. The highest BCUT2D eigenvalue weighted by Gasteiger charge is 2.07. The Kier molecular flexibility index (Phi) is 6.30. The molecule has 4 nitrogen and oxygen atoms in total. The topological polar surface area (TPSA) is 51.2 Å². The number of rotatable bonds is 7. The van der Waals surface area contributed by atoms with Crippen molar-refractivity contribution in [2.45, 2.75) is 24.5 Å². The highest BCUT2D eigenvalue weighted by atomic mass is 32.2. The summed E-state index contributed by atoms with van der Waals surface area (Å²) in [7, 11) is 0. The number of hydrogen-bond donors (Lipinski definition) is 1. The molecule has 2 aromatic carbocycles. The van der Waals surface area contributed by atoms with Gasteiger partial charge < -0.3 is 10.1 Å². The average Bonchev–Trinajstić information content (AvgIpc) is 3.07. The molecule has 26 heavy (non-hydrogen) atoms. The second-order valence-corrected chi connectivity index (χ2v) is 7.69. The number of aromatic nitrogens is 1. The molecule has 3 rings (SSSR count). The largest absolute Gasteiger partial charge is 0.494 e. The third-order valence-electron chi connectivity index (χ3n) is 3.59. The summed E-state index contributed by atoms with van der Waals surface area (Å²) in [6.07, 6.45) is 0. The highest BCUT2D eigenvalue weighted by Crippen LogP contribution is 2.24. The Morgan fingerprint density at radius 3 is 2.50 bits per heavy atom. The van der Waals surface area contributed by atoms with Gasteiger partial charge in [-0.2, -0.15) is 0 Å². The van der Waals surface area contributed by atoms with Crippen molar-refractivity contribution >= 4 is 34.7 Å². The van der Waals surface area contributed by atoms with Crippen LogP contribution in [0.4, 0.5) is 5.69 Å². The first-order valence-electron chi connectivity index (χ1n) is 8.32. The first-order valence-corrected chi connectivity index (χ1v) is 10.2. The molecule has 0 atom stereocenters. The summed E-state index contributed by atoms with van der Waals surface area (Å²) in [5.41, 5.74) is 2.47. The van der Waals surface area contributed by atoms with Crippen LogP contribution in [0, 0.1) is 6.92 Å². The van der Waals surface area contributed by atoms with E-state index < -0.39 is 0 Å². The molecule has 1 amide bonds. The van der Waals surface area contributed by atoms with Gasteiger partial charge in [0, 0.05) is 27.3 Å². The van der Waals surface area contributed by atoms with Crippen molar-refractivity contribution in [2.24, 2.45) is 0 Å². The van der Waals surface area contributed by atoms with Crippen LogP contribution in [0.15, 0.2) is 58.8 Å². The van der Waals surface area contributed by atoms with E-state index in [-0.39, 0.29) is 5.91 Å². The predicted octanol–water partition coefficient (Wildman–Crippen LogP) is 5.39. The van der Waals surface area contributed by atoms with Crippen LogP contribution in [0.1, 0.15) is 28.0 Å². The lowest BCUT2D eigenvalue weighted by atomic mass is 10.2. The summed E-state index contributed by atoms with van der Waals surface area (Å²) < 4.78 is 5.40. The molecule has 1 N–H and O–H groups in total. The van der Waals surface area contributed by atoms with E-state index in [0.29, 0.717) is 12.2 Å². The smallest absolute Gasteiger partial charge is 0.255 e. The molecule has 0 radical (unpaired) electrons. The van der Waals surface area contributed by atoms with Crippen molar-refractivity contribution in [3.05, 3.63) is 70.2 Å². The zero-order valence-corrected chi connectivity index (χ0v) is 16.3. The summed E-state index contributed by atoms with van der Waals surface area (Å²) >= 11 is 3.38. The Labute approximate surface area is 161 Å². The molecule has 0 spiro atoms. The van der Waals surface area contributed by atoms with E-state index in [1.807, 2.05) is 62.4 Å². The van der Waals surface area contributed by atoms with Crippen LogP contribution in [0.25, 0.3) is 0 Å². The zero-order chi connectivity index (χ0) is 18.4. The SMILES string of the molecule is CCOc1ccc(NC(=O)c2ccc(SCc3csc(C)n3)cc2)cc1. The second-order valence-electron chi connectivity index (χ2n) is 5.58. The fraction of sp³-hybridized carbons (Fsp3) is 0.200. The van der Waals surface area contributed by atoms with Crippen molar-refractivity contribution in [1.29, 1.82) is 0 Å². The number of aryl methyl sites for hydroxylation is 1. The third-order valence-corrected chi connectivity index (χ3v) is 5.46. The molecule has 1 aromatic heterocycles. The number of ether oxygens (including phenoxy) is 1. The Hall–Kier alpha value is -2.31. The minimum Gasteiger partial charge on any atom is -0.494 e. The van der Waals surface area contributed by atoms with Crippen LogP contribution in [0.5, 0.6) is 5.75 Å². The maximum Gasteiger partial charge on any atom is 0.255 e. The number of amides is 1. The lowest BCUT2D eigenvalue weighted by Gasteiger charge is -2.08. The minimum atomic E-state index is -0.124. The van der Waals surface area contributed by atoms with Gasteiger partial charge in [-0.05, 0) is 62.4 Å². The second kappa shape index (κ2) is 8.87. The van der Waals surface area contributed by atoms with E-state index in [2.05, 4.69) is 15.7 Å². The van der Waals surface area contributed by atoms with Crippen LogP contribution in [-0.2, 0) is 5.75 Å². The molecule has 0 fully saturated rings. The number of carbonyl (C=O) groups excluding carboxylic acids is 1. The van der Waals surface area contributed by atoms with Crippen molar-refractivity contribution in [2.75, 3.05) is 11.9 Å². The van der Waals surface area contributed by atoms with Gasteiger partial charge in [0.15, 0.2) is 0 Å². The van der Waals surface area contributed by atoms with Crippen LogP contribution in [-0.4, -0.2) is 17.5 Å². The normalized spacial score (nSPS) is 10.5. The molecule has 1 heterocycles. The molecule has 0 unspecified atom stereocenters. The highest BCUT2D eigenvalue weighted by molar-refractivity contribution is 7.98. The quantitative estimate of drug-likeness (QED) is 0.555. The van der Waals surface area contributed by atoms with Crippen LogP contribution in [0.3, 0.4) is 0 Å². The van der Waals surface area contributed by atoms with Crippen LogP contribution < -0.4 is 10.1 Å². The molecule has 6 heteroatoms. The summed E-state index contributed by atoms with van der Waals surface area (Å²) in [6.45, 7) is 4.57. The van der Waals surface area contributed by atoms with E-state index in [0.717, 1.165) is 32.8 Å². The number of hydrogen-bond acceptors (Lipinski definition) is 5. The van der Waals surface area contributed by atoms with E-state index in [4.69, 9.17) is 4.74 Å². The van der Waals surface area contributed by atoms with Crippen LogP contribution >= 0.6 is 23.1 Å². The van der Waals surface area contributed by atoms with Gasteiger partial charge >= 0.3 is 0 Å². The summed E-state index contributed by atoms with van der Waals surface area (Å²) in [5, 5.41) is 6.07. The average molecular weight is 385 g/mol. The summed E-state index contributed by atoms with van der Waals surface area (Å²) in [4.78, 5) is 17.9. The monoisotopic (exact) mass is 384 g/mol. The minimum absolute atomic E-state index is 0.124. The number of nitrogens with zero attached hydrogens (tertiary/aromatic N) is 1. The Bertz CT molecular complexity index is 858. The summed E-state index contributed by atoms with van der Waals surface area (Å²) in [6, 6.07) is 15.0. The van der Waals surface area contributed by atoms with Gasteiger partial charge in [-0.25, -0.2) is 4.98 Å². The van der Waals surface area contributed by atoms with Crippen molar-refractivity contribution in [3.8, 4) is 5.75 Å². The lowest BCUT2D eigenvalue weighted by molar-refractivity contribution is 0.102. The Morgan fingerprint density at radius 2 is 1.88 bits per heavy atom. The molecule has 0 bridgehead atoms. The first-order chi connectivity index (χ1) is 12.6. The molecule has 0 aliphatic rings. The third kappa shape index (κ3) is 5.09. The Balaban J connectivity index is 1.56. The fourth-order valence-corrected chi connectivity index (χ4v) is 3.85. The van der Waals surface area contributed by atoms with Crippen molar-refractivity contribution in [1.82, 2.24) is 4.98 Å². The molecular weight excluding hydrogens is 364 g/mol. The van der Waals surface area contributed by atoms with Gasteiger partial charge in [0.1, 0.15) is 5.75 Å². The molecule has 134 valence electrons. The molecular formula is C20H20N2O2S2. The van der Waals surface area contributed by atoms with E-state index >= 15 is 0 Å². The zero-order valence-electron chi connectivity index (χ0n) is 14.7. The molecule has 0 aliphatic carbocycles. The standard InChI is InChI=1S/C20H20N2O2S2/c1-3-24-18-8-6-16(7-9-18)22-20(23)15-4-10-19(11-5-15)26-13-17-12-25-14(2)21-17/h4-12H,3,13H2,1-2H3,(H,22,23). The van der Waals surface area contributed by atoms with E-state index in [9.17, 15) is 4.79 Å². The van der Waals surface area contributed by atoms with Crippen LogP contribution in [0.2, 0.25) is 0 Å². The number of benzene rings is 2. The lowest BCUT2D eigenvalue weighted by Crippen LogP contribution is -2.11. The molecule has 0 saturated heterocycles. The maximum atomic E-state index is 12.4. The fourth-order valence-electron chi connectivity index (χ4n) is 2.34. The molecule has 0 saturated carbocycles. The van der Waals surface area contributed by atoms with Gasteiger partial charge in [0.05, 0.1) is 17.3 Å². The van der Waals surface area contributed by atoms with Gasteiger partial charge in [0.2, 0.25) is 0 Å². The van der Waals surface area contributed by atoms with E-state index in [1.165, 1.54) is 0 Å². The predicted molar refractivity (Wildman–Crippen MR) is 108 cm³/mol. The van der Waals surface area contributed by atoms with E-state index in [1.54, 1.807) is 23.1 Å². The number of anilines is 1. The first kappa shape index (κ1) is 18.5. The van der Waals surface area contributed by atoms with Crippen molar-refractivity contribution < 1.29 is 9.53 Å². The Morgan fingerprint density at radius 1 is 1.15 bits per heavy atom. The number of carbonyl (C=O) groups is 1. The molecule has 0 aliphatic heterocycles. The van der Waals surface area contributed by atoms with Gasteiger partial charge in [-0.15, -0.1) is 23.1 Å². The number of nitrogens with one attached hydrogen (secondary N) is 1. The van der Waals surface area contributed by atoms with Gasteiger partial charge in [-0.1, -0.05) is 0 Å². The van der Waals surface area contributed by atoms with Crippen molar-refractivity contribution in [3.63, 3.8) is 0 Å². The number of thiazole rings is 1. The maximum absolute atomic E-state index is 12.4.